The summed E-state index contributed by atoms with van der Waals surface area (Å²) in [4.78, 5) is 3.62. The number of aliphatic imine (C=N–C) groups is 1. The molecule has 0 aromatic heterocycles. The minimum Gasteiger partial charge on any atom is -0.291 e. The van der Waals surface area contributed by atoms with Crippen molar-refractivity contribution in [1.82, 2.24) is 0 Å². The molecule has 0 aromatic rings. The first-order valence-corrected chi connectivity index (χ1v) is 3.26. The van der Waals surface area contributed by atoms with Gasteiger partial charge in [0.2, 0.25) is 0 Å². The SMILES string of the molecule is CC(C)=C=NC(C#N)C(=N)C#N. The van der Waals surface area contributed by atoms with E-state index in [2.05, 4.69) is 10.9 Å². The highest BCUT2D eigenvalue weighted by Crippen LogP contribution is 1.90. The maximum absolute atomic E-state index is 8.46. The first-order chi connectivity index (χ1) is 5.61. The molecule has 0 aromatic carbocycles. The quantitative estimate of drug-likeness (QED) is 0.612. The van der Waals surface area contributed by atoms with Crippen LogP contribution in [-0.4, -0.2) is 17.6 Å². The first-order valence-electron chi connectivity index (χ1n) is 3.26. The number of nitrogens with one attached hydrogen (secondary N) is 1. The Morgan fingerprint density at radius 1 is 1.42 bits per heavy atom. The molecule has 12 heavy (non-hydrogen) atoms. The fourth-order valence-electron chi connectivity index (χ4n) is 0.413. The highest BCUT2D eigenvalue weighted by atomic mass is 14.8. The summed E-state index contributed by atoms with van der Waals surface area (Å²) in [5.74, 6) is 2.54. The number of allylic oxidation sites excluding steroid dienone is 1. The van der Waals surface area contributed by atoms with Gasteiger partial charge in [0.25, 0.3) is 0 Å². The minimum atomic E-state index is -1.01. The van der Waals surface area contributed by atoms with Gasteiger partial charge in [0, 0.05) is 0 Å². The van der Waals surface area contributed by atoms with E-state index in [9.17, 15) is 0 Å². The Kier molecular flexibility index (Phi) is 4.08. The zero-order valence-corrected chi connectivity index (χ0v) is 6.92. The van der Waals surface area contributed by atoms with E-state index in [1.165, 1.54) is 0 Å². The van der Waals surface area contributed by atoms with Gasteiger partial charge in [-0.05, 0) is 25.3 Å². The fourth-order valence-corrected chi connectivity index (χ4v) is 0.413. The van der Waals surface area contributed by atoms with Gasteiger partial charge in [0.15, 0.2) is 6.04 Å². The molecular formula is C8H8N4. The predicted molar refractivity (Wildman–Crippen MR) is 45.0 cm³/mol. The summed E-state index contributed by atoms with van der Waals surface area (Å²) in [6.45, 7) is 3.54. The van der Waals surface area contributed by atoms with Crippen LogP contribution in [-0.2, 0) is 0 Å². The molecule has 0 rings (SSSR count). The van der Waals surface area contributed by atoms with Crippen LogP contribution in [0.2, 0.25) is 0 Å². The van der Waals surface area contributed by atoms with Crippen molar-refractivity contribution in [1.29, 1.82) is 15.9 Å². The molecule has 60 valence electrons. The molecule has 0 amide bonds. The topological polar surface area (TPSA) is 83.8 Å². The van der Waals surface area contributed by atoms with Gasteiger partial charge in [-0.15, -0.1) is 0 Å². The Morgan fingerprint density at radius 2 is 2.00 bits per heavy atom. The molecule has 0 aliphatic carbocycles. The molecule has 0 fully saturated rings. The second-order valence-corrected chi connectivity index (χ2v) is 2.30. The molecule has 4 nitrogen and oxygen atoms in total. The smallest absolute Gasteiger partial charge is 0.196 e. The van der Waals surface area contributed by atoms with E-state index < -0.39 is 6.04 Å². The van der Waals surface area contributed by atoms with Crippen LogP contribution in [0.1, 0.15) is 13.8 Å². The van der Waals surface area contributed by atoms with Crippen molar-refractivity contribution in [2.24, 2.45) is 4.99 Å². The van der Waals surface area contributed by atoms with Crippen LogP contribution in [0, 0.1) is 28.1 Å². The van der Waals surface area contributed by atoms with Gasteiger partial charge in [-0.1, -0.05) is 0 Å². The van der Waals surface area contributed by atoms with Crippen LogP contribution in [0.15, 0.2) is 10.6 Å². The van der Waals surface area contributed by atoms with Crippen molar-refractivity contribution >= 4 is 11.6 Å². The van der Waals surface area contributed by atoms with Crippen LogP contribution in [0.4, 0.5) is 0 Å². The fraction of sp³-hybridized carbons (Fsp3) is 0.375. The van der Waals surface area contributed by atoms with Gasteiger partial charge >= 0.3 is 0 Å². The van der Waals surface area contributed by atoms with E-state index in [0.29, 0.717) is 0 Å². The zero-order valence-electron chi connectivity index (χ0n) is 6.92. The van der Waals surface area contributed by atoms with E-state index in [1.807, 2.05) is 0 Å². The standard InChI is InChI=1S/C8H8N4/c1-6(2)5-12-8(4-10)7(11)3-9/h8,11H,1-2H3. The van der Waals surface area contributed by atoms with Crippen molar-refractivity contribution in [2.75, 3.05) is 0 Å². The third kappa shape index (κ3) is 3.31. The molecule has 0 bridgehead atoms. The molecule has 0 heterocycles. The maximum atomic E-state index is 8.46. The third-order valence-electron chi connectivity index (χ3n) is 0.933. The molecule has 4 heteroatoms. The lowest BCUT2D eigenvalue weighted by atomic mass is 10.2. The van der Waals surface area contributed by atoms with E-state index >= 15 is 0 Å². The second kappa shape index (κ2) is 4.85. The van der Waals surface area contributed by atoms with Crippen molar-refractivity contribution in [3.8, 4) is 12.1 Å². The number of rotatable bonds is 2. The zero-order chi connectivity index (χ0) is 9.56. The summed E-state index contributed by atoms with van der Waals surface area (Å²) < 4.78 is 0. The summed E-state index contributed by atoms with van der Waals surface area (Å²) in [5.41, 5.74) is 0.451. The average Bonchev–Trinajstić information content (AvgIpc) is 2.04. The molecular weight excluding hydrogens is 152 g/mol. The lowest BCUT2D eigenvalue weighted by Gasteiger charge is -1.92. The molecule has 0 aliphatic heterocycles. The van der Waals surface area contributed by atoms with Crippen molar-refractivity contribution in [2.45, 2.75) is 19.9 Å². The Morgan fingerprint density at radius 3 is 2.33 bits per heavy atom. The molecule has 0 aliphatic rings. The Labute approximate surface area is 71.0 Å². The maximum Gasteiger partial charge on any atom is 0.196 e. The van der Waals surface area contributed by atoms with E-state index in [-0.39, 0.29) is 5.71 Å². The lowest BCUT2D eigenvalue weighted by Crippen LogP contribution is -2.12. The molecule has 1 N–H and O–H groups in total. The van der Waals surface area contributed by atoms with Crippen LogP contribution in [0.25, 0.3) is 0 Å². The number of hydrogen-bond donors (Lipinski definition) is 1. The van der Waals surface area contributed by atoms with Crippen molar-refractivity contribution in [3.63, 3.8) is 0 Å². The van der Waals surface area contributed by atoms with E-state index in [4.69, 9.17) is 15.9 Å². The summed E-state index contributed by atoms with van der Waals surface area (Å²) >= 11 is 0. The van der Waals surface area contributed by atoms with Crippen LogP contribution in [0.5, 0.6) is 0 Å². The summed E-state index contributed by atoms with van der Waals surface area (Å²) in [5, 5.41) is 23.7. The molecule has 0 saturated carbocycles. The van der Waals surface area contributed by atoms with E-state index in [1.54, 1.807) is 26.0 Å². The van der Waals surface area contributed by atoms with E-state index in [0.717, 1.165) is 5.57 Å². The molecule has 1 atom stereocenters. The monoisotopic (exact) mass is 160 g/mol. The third-order valence-corrected chi connectivity index (χ3v) is 0.933. The summed E-state index contributed by atoms with van der Waals surface area (Å²) in [6.07, 6.45) is 0. The van der Waals surface area contributed by atoms with Gasteiger partial charge in [0.1, 0.15) is 11.8 Å². The summed E-state index contributed by atoms with van der Waals surface area (Å²) in [6, 6.07) is 2.27. The number of nitriles is 2. The predicted octanol–water partition coefficient (Wildman–Crippen LogP) is 1.06. The van der Waals surface area contributed by atoms with Gasteiger partial charge in [-0.2, -0.15) is 10.5 Å². The van der Waals surface area contributed by atoms with Crippen LogP contribution >= 0.6 is 0 Å². The van der Waals surface area contributed by atoms with Gasteiger partial charge in [-0.3, -0.25) is 5.41 Å². The number of hydrogen-bond acceptors (Lipinski definition) is 4. The second-order valence-electron chi connectivity index (χ2n) is 2.30. The Bertz CT molecular complexity index is 316. The van der Waals surface area contributed by atoms with Crippen molar-refractivity contribution < 1.29 is 0 Å². The molecule has 0 spiro atoms. The highest BCUT2D eigenvalue weighted by Gasteiger charge is 2.09. The molecule has 0 radical (unpaired) electrons. The largest absolute Gasteiger partial charge is 0.291 e. The summed E-state index contributed by atoms with van der Waals surface area (Å²) in [7, 11) is 0. The van der Waals surface area contributed by atoms with Gasteiger partial charge in [0.05, 0.1) is 6.07 Å². The van der Waals surface area contributed by atoms with Gasteiger partial charge in [-0.25, -0.2) is 4.99 Å². The van der Waals surface area contributed by atoms with Gasteiger partial charge < -0.3 is 0 Å². The Hall–Kier alpha value is -1.90. The highest BCUT2D eigenvalue weighted by molar-refractivity contribution is 6.02. The lowest BCUT2D eigenvalue weighted by molar-refractivity contribution is 1.09. The Balaban J connectivity index is 4.67. The van der Waals surface area contributed by atoms with Crippen LogP contribution < -0.4 is 0 Å². The molecule has 0 saturated heterocycles. The minimum absolute atomic E-state index is 0.355. The first kappa shape index (κ1) is 10.1. The molecule has 1 unspecified atom stereocenters. The van der Waals surface area contributed by atoms with Crippen LogP contribution in [0.3, 0.4) is 0 Å². The average molecular weight is 160 g/mol. The van der Waals surface area contributed by atoms with Crippen molar-refractivity contribution in [3.05, 3.63) is 5.57 Å². The normalized spacial score (nSPS) is 10.0. The number of nitrogens with zero attached hydrogens (tertiary/aromatic N) is 3.